The number of alkyl carbamates (subject to hydrolysis) is 1. The number of carbonyl (C=O) groups is 1. The first-order chi connectivity index (χ1) is 10.5. The van der Waals surface area contributed by atoms with Crippen molar-refractivity contribution in [2.24, 2.45) is 11.8 Å². The fourth-order valence-corrected chi connectivity index (χ4v) is 4.21. The van der Waals surface area contributed by atoms with Gasteiger partial charge in [0.05, 0.1) is 5.75 Å². The predicted molar refractivity (Wildman–Crippen MR) is 91.7 cm³/mol. The van der Waals surface area contributed by atoms with Gasteiger partial charge in [-0.25, -0.2) is 17.9 Å². The summed E-state index contributed by atoms with van der Waals surface area (Å²) in [5.74, 6) is 0.637. The lowest BCUT2D eigenvalue weighted by Gasteiger charge is -2.30. The molecule has 0 radical (unpaired) electrons. The van der Waals surface area contributed by atoms with Crippen LogP contribution in [0, 0.1) is 11.8 Å². The topological polar surface area (TPSA) is 84.5 Å². The smallest absolute Gasteiger partial charge is 0.407 e. The van der Waals surface area contributed by atoms with Gasteiger partial charge >= 0.3 is 6.09 Å². The molecule has 7 heteroatoms. The largest absolute Gasteiger partial charge is 0.444 e. The first-order valence-electron chi connectivity index (χ1n) is 8.43. The molecular formula is C16H32N2O4S. The molecule has 1 rings (SSSR count). The van der Waals surface area contributed by atoms with Crippen LogP contribution in [0.1, 0.15) is 60.3 Å². The number of nitrogens with one attached hydrogen (secondary N) is 2. The zero-order chi connectivity index (χ0) is 17.7. The summed E-state index contributed by atoms with van der Waals surface area (Å²) in [6.45, 7) is 9.81. The van der Waals surface area contributed by atoms with E-state index < -0.39 is 15.6 Å². The number of amides is 1. The van der Waals surface area contributed by atoms with Crippen LogP contribution < -0.4 is 10.0 Å². The van der Waals surface area contributed by atoms with Crippen molar-refractivity contribution >= 4 is 16.1 Å². The van der Waals surface area contributed by atoms with Crippen LogP contribution in [-0.4, -0.2) is 38.5 Å². The maximum atomic E-state index is 11.8. The Bertz CT molecular complexity index is 475. The Morgan fingerprint density at radius 1 is 1.17 bits per heavy atom. The summed E-state index contributed by atoms with van der Waals surface area (Å²) in [4.78, 5) is 11.7. The molecule has 6 nitrogen and oxygen atoms in total. The minimum Gasteiger partial charge on any atom is -0.444 e. The summed E-state index contributed by atoms with van der Waals surface area (Å²) in [6, 6.07) is 0.119. The molecule has 1 aliphatic carbocycles. The molecule has 0 spiro atoms. The molecule has 0 aromatic heterocycles. The molecule has 136 valence electrons. The van der Waals surface area contributed by atoms with Crippen molar-refractivity contribution in [1.29, 1.82) is 0 Å². The Labute approximate surface area is 140 Å². The lowest BCUT2D eigenvalue weighted by molar-refractivity contribution is 0.0488. The first-order valence-corrected chi connectivity index (χ1v) is 10.1. The number of sulfonamides is 1. The maximum absolute atomic E-state index is 11.8. The highest BCUT2D eigenvalue weighted by molar-refractivity contribution is 7.89. The number of hydrogen-bond acceptors (Lipinski definition) is 4. The van der Waals surface area contributed by atoms with Crippen LogP contribution in [0.2, 0.25) is 0 Å². The Hall–Kier alpha value is -0.820. The van der Waals surface area contributed by atoms with Gasteiger partial charge in [0.2, 0.25) is 10.0 Å². The lowest BCUT2D eigenvalue weighted by atomic mass is 9.86. The highest BCUT2D eigenvalue weighted by Crippen LogP contribution is 2.24. The van der Waals surface area contributed by atoms with E-state index in [1.54, 1.807) is 0 Å². The van der Waals surface area contributed by atoms with Crippen LogP contribution >= 0.6 is 0 Å². The van der Waals surface area contributed by atoms with E-state index in [1.807, 2.05) is 34.6 Å². The molecule has 1 amide bonds. The van der Waals surface area contributed by atoms with Gasteiger partial charge in [-0.1, -0.05) is 13.8 Å². The molecule has 23 heavy (non-hydrogen) atoms. The van der Waals surface area contributed by atoms with Gasteiger partial charge in [0, 0.05) is 12.6 Å². The lowest BCUT2D eigenvalue weighted by Crippen LogP contribution is -2.42. The van der Waals surface area contributed by atoms with Crippen molar-refractivity contribution in [2.75, 3.05) is 12.3 Å². The number of hydrogen-bond donors (Lipinski definition) is 2. The second kappa shape index (κ2) is 8.33. The second-order valence-electron chi connectivity index (χ2n) is 7.89. The van der Waals surface area contributed by atoms with Crippen LogP contribution in [0.3, 0.4) is 0 Å². The molecule has 2 N–H and O–H groups in total. The maximum Gasteiger partial charge on any atom is 0.407 e. The molecule has 0 atom stereocenters. The van der Waals surface area contributed by atoms with Gasteiger partial charge in [0.15, 0.2) is 0 Å². The Morgan fingerprint density at radius 2 is 1.74 bits per heavy atom. The van der Waals surface area contributed by atoms with E-state index in [0.717, 1.165) is 25.7 Å². The number of carbonyl (C=O) groups excluding carboxylic acids is 1. The van der Waals surface area contributed by atoms with Crippen molar-refractivity contribution in [3.63, 3.8) is 0 Å². The summed E-state index contributed by atoms with van der Waals surface area (Å²) < 4.78 is 31.6. The van der Waals surface area contributed by atoms with Crippen molar-refractivity contribution in [1.82, 2.24) is 10.0 Å². The molecule has 1 fully saturated rings. The summed E-state index contributed by atoms with van der Waals surface area (Å²) >= 11 is 0. The molecule has 1 aliphatic rings. The van der Waals surface area contributed by atoms with E-state index in [1.165, 1.54) is 0 Å². The monoisotopic (exact) mass is 348 g/mol. The fraction of sp³-hybridized carbons (Fsp3) is 0.938. The third kappa shape index (κ3) is 9.15. The van der Waals surface area contributed by atoms with Crippen LogP contribution in [-0.2, 0) is 14.8 Å². The molecule has 0 aliphatic heterocycles. The van der Waals surface area contributed by atoms with Gasteiger partial charge in [-0.2, -0.15) is 0 Å². The van der Waals surface area contributed by atoms with E-state index >= 15 is 0 Å². The van der Waals surface area contributed by atoms with Gasteiger partial charge in [0.1, 0.15) is 5.60 Å². The SMILES string of the molecule is CC(C)CS(=O)(=O)NCC1CCC(NC(=O)OC(C)(C)C)CC1. The Kier molecular flexibility index (Phi) is 7.32. The van der Waals surface area contributed by atoms with Crippen LogP contribution in [0.4, 0.5) is 4.79 Å². The first kappa shape index (κ1) is 20.2. The van der Waals surface area contributed by atoms with E-state index in [2.05, 4.69) is 10.0 Å². The summed E-state index contributed by atoms with van der Waals surface area (Å²) in [6.07, 6.45) is 3.15. The minimum atomic E-state index is -3.17. The zero-order valence-electron chi connectivity index (χ0n) is 15.0. The summed E-state index contributed by atoms with van der Waals surface area (Å²) in [5.41, 5.74) is -0.490. The predicted octanol–water partition coefficient (Wildman–Crippen LogP) is 2.65. The van der Waals surface area contributed by atoms with Crippen molar-refractivity contribution in [3.8, 4) is 0 Å². The second-order valence-corrected chi connectivity index (χ2v) is 9.74. The average Bonchev–Trinajstić information content (AvgIpc) is 2.34. The van der Waals surface area contributed by atoms with E-state index in [4.69, 9.17) is 4.74 Å². The van der Waals surface area contributed by atoms with Crippen molar-refractivity contribution < 1.29 is 17.9 Å². The highest BCUT2D eigenvalue weighted by Gasteiger charge is 2.25. The van der Waals surface area contributed by atoms with Gasteiger partial charge in [0.25, 0.3) is 0 Å². The molecule has 0 unspecified atom stereocenters. The third-order valence-corrected chi connectivity index (χ3v) is 5.42. The third-order valence-electron chi connectivity index (χ3n) is 3.71. The van der Waals surface area contributed by atoms with Crippen molar-refractivity contribution in [3.05, 3.63) is 0 Å². The molecule has 0 saturated heterocycles. The quantitative estimate of drug-likeness (QED) is 0.773. The van der Waals surface area contributed by atoms with Gasteiger partial charge in [-0.15, -0.1) is 0 Å². The van der Waals surface area contributed by atoms with Crippen LogP contribution in [0.5, 0.6) is 0 Å². The number of rotatable bonds is 6. The van der Waals surface area contributed by atoms with E-state index in [-0.39, 0.29) is 23.8 Å². The van der Waals surface area contributed by atoms with Gasteiger partial charge in [-0.3, -0.25) is 0 Å². The van der Waals surface area contributed by atoms with E-state index in [9.17, 15) is 13.2 Å². The molecule has 0 heterocycles. The fourth-order valence-electron chi connectivity index (χ4n) is 2.73. The Morgan fingerprint density at radius 3 is 2.22 bits per heavy atom. The average molecular weight is 349 g/mol. The number of ether oxygens (including phenoxy) is 1. The van der Waals surface area contributed by atoms with Crippen molar-refractivity contribution in [2.45, 2.75) is 71.9 Å². The zero-order valence-corrected chi connectivity index (χ0v) is 15.8. The molecule has 0 bridgehead atoms. The standard InChI is InChI=1S/C16H32N2O4S/c1-12(2)11-23(20,21)17-10-13-6-8-14(9-7-13)18-15(19)22-16(3,4)5/h12-14,17H,6-11H2,1-5H3,(H,18,19). The summed E-state index contributed by atoms with van der Waals surface area (Å²) in [7, 11) is -3.17. The molecule has 0 aromatic carbocycles. The summed E-state index contributed by atoms with van der Waals surface area (Å²) in [5, 5.41) is 2.89. The van der Waals surface area contributed by atoms with Gasteiger partial charge < -0.3 is 10.1 Å². The van der Waals surface area contributed by atoms with Gasteiger partial charge in [-0.05, 0) is 58.3 Å². The minimum absolute atomic E-state index is 0.119. The molecule has 0 aromatic rings. The molecular weight excluding hydrogens is 316 g/mol. The van der Waals surface area contributed by atoms with Crippen LogP contribution in [0.25, 0.3) is 0 Å². The highest BCUT2D eigenvalue weighted by atomic mass is 32.2. The normalized spacial score (nSPS) is 22.9. The van der Waals surface area contributed by atoms with Crippen LogP contribution in [0.15, 0.2) is 0 Å². The Balaban J connectivity index is 2.29. The molecule has 1 saturated carbocycles. The van der Waals surface area contributed by atoms with E-state index in [0.29, 0.717) is 12.5 Å².